The van der Waals surface area contributed by atoms with Crippen molar-refractivity contribution in [1.29, 1.82) is 0 Å². The number of carbonyl (C=O) groups is 2. The highest BCUT2D eigenvalue weighted by molar-refractivity contribution is 5.97. The molecular formula is C35H37N7O4. The van der Waals surface area contributed by atoms with Crippen LogP contribution in [0.3, 0.4) is 0 Å². The van der Waals surface area contributed by atoms with E-state index < -0.39 is 12.1 Å². The zero-order valence-electron chi connectivity index (χ0n) is 25.6. The molecule has 46 heavy (non-hydrogen) atoms. The van der Waals surface area contributed by atoms with Gasteiger partial charge in [-0.15, -0.1) is 0 Å². The van der Waals surface area contributed by atoms with Crippen LogP contribution < -0.4 is 14.8 Å². The Kier molecular flexibility index (Phi) is 9.69. The van der Waals surface area contributed by atoms with Crippen molar-refractivity contribution < 1.29 is 19.1 Å². The number of hydrogen-bond acceptors (Lipinski definition) is 7. The Balaban J connectivity index is 1.24. The highest BCUT2D eigenvalue weighted by Crippen LogP contribution is 2.24. The summed E-state index contributed by atoms with van der Waals surface area (Å²) in [6.07, 6.45) is 7.15. The Hall–Kier alpha value is -5.42. The number of hydrogen-bond donors (Lipinski definition) is 3. The summed E-state index contributed by atoms with van der Waals surface area (Å²) in [5, 5.41) is 3.03. The molecule has 5 aromatic rings. The van der Waals surface area contributed by atoms with E-state index in [2.05, 4.69) is 30.2 Å². The van der Waals surface area contributed by atoms with Gasteiger partial charge in [-0.3, -0.25) is 14.5 Å². The first-order chi connectivity index (χ1) is 22.5. The molecule has 0 aliphatic carbocycles. The lowest BCUT2D eigenvalue weighted by atomic mass is 9.99. The molecule has 1 saturated heterocycles. The van der Waals surface area contributed by atoms with Crippen LogP contribution in [0.25, 0.3) is 0 Å². The van der Waals surface area contributed by atoms with E-state index in [1.54, 1.807) is 29.9 Å². The maximum absolute atomic E-state index is 14.2. The van der Waals surface area contributed by atoms with Crippen molar-refractivity contribution in [2.75, 3.05) is 13.2 Å². The predicted octanol–water partition coefficient (Wildman–Crippen LogP) is 4.46. The molecule has 1 aliphatic heterocycles. The van der Waals surface area contributed by atoms with E-state index in [4.69, 9.17) is 9.47 Å². The number of benzene rings is 3. The Labute approximate surface area is 267 Å². The molecule has 1 fully saturated rings. The number of nitrogens with zero attached hydrogens (tertiary/aromatic N) is 4. The number of aromatic nitrogens is 4. The van der Waals surface area contributed by atoms with Crippen LogP contribution >= 0.6 is 0 Å². The van der Waals surface area contributed by atoms with Gasteiger partial charge in [0.05, 0.1) is 19.3 Å². The van der Waals surface area contributed by atoms with Crippen molar-refractivity contribution in [1.82, 2.24) is 35.1 Å². The van der Waals surface area contributed by atoms with Gasteiger partial charge < -0.3 is 29.7 Å². The van der Waals surface area contributed by atoms with Gasteiger partial charge in [-0.05, 0) is 54.4 Å². The van der Waals surface area contributed by atoms with E-state index in [1.807, 2.05) is 85.8 Å². The summed E-state index contributed by atoms with van der Waals surface area (Å²) < 4.78 is 11.5. The summed E-state index contributed by atoms with van der Waals surface area (Å²) in [7, 11) is 0. The summed E-state index contributed by atoms with van der Waals surface area (Å²) in [6, 6.07) is 23.4. The van der Waals surface area contributed by atoms with Gasteiger partial charge in [0.2, 0.25) is 11.8 Å². The second kappa shape index (κ2) is 14.6. The zero-order valence-corrected chi connectivity index (χ0v) is 25.6. The minimum absolute atomic E-state index is 0.133. The molecule has 2 atom stereocenters. The zero-order chi connectivity index (χ0) is 31.7. The number of H-pyrrole nitrogens is 2. The average molecular weight is 620 g/mol. The number of aromatic amines is 2. The molecule has 6 rings (SSSR count). The maximum Gasteiger partial charge on any atom is 0.246 e. The van der Waals surface area contributed by atoms with Crippen molar-refractivity contribution in [2.45, 2.75) is 45.1 Å². The molecule has 2 aromatic heterocycles. The summed E-state index contributed by atoms with van der Waals surface area (Å²) in [6.45, 7) is 4.09. The molecule has 0 radical (unpaired) electrons. The molecular weight excluding hydrogens is 582 g/mol. The fraction of sp³-hybridized carbons (Fsp3) is 0.257. The topological polar surface area (TPSA) is 128 Å². The van der Waals surface area contributed by atoms with E-state index in [1.165, 1.54) is 0 Å². The van der Waals surface area contributed by atoms with Gasteiger partial charge in [0.25, 0.3) is 0 Å². The van der Waals surface area contributed by atoms with Gasteiger partial charge >= 0.3 is 0 Å². The fourth-order valence-corrected chi connectivity index (χ4v) is 5.59. The highest BCUT2D eigenvalue weighted by atomic mass is 16.5. The Morgan fingerprint density at radius 2 is 1.39 bits per heavy atom. The standard InChI is InChI=1S/C35H37N7O4/c1-2-45-29-12-8-25(9-13-29)16-32-35(44)42(19-26-10-14-31(15-11-26)46-30-6-4-3-5-7-30)33(34(43)40-32)22-41(20-27-17-36-23-38-27)21-28-18-37-24-39-28/h3-15,17-18,23-24,32-33H,2,16,19-22H2,1H3,(H,36,38)(H,37,39)(H,40,43). The Morgan fingerprint density at radius 3 is 2.00 bits per heavy atom. The van der Waals surface area contributed by atoms with Gasteiger partial charge in [0.1, 0.15) is 29.3 Å². The van der Waals surface area contributed by atoms with E-state index >= 15 is 0 Å². The maximum atomic E-state index is 14.2. The Bertz CT molecular complexity index is 1640. The summed E-state index contributed by atoms with van der Waals surface area (Å²) >= 11 is 0. The van der Waals surface area contributed by atoms with Crippen LogP contribution in [-0.4, -0.2) is 66.8 Å². The van der Waals surface area contributed by atoms with Crippen LogP contribution in [0, 0.1) is 0 Å². The van der Waals surface area contributed by atoms with Gasteiger partial charge in [0.15, 0.2) is 0 Å². The van der Waals surface area contributed by atoms with Crippen molar-refractivity contribution in [2.24, 2.45) is 0 Å². The minimum Gasteiger partial charge on any atom is -0.494 e. The predicted molar refractivity (Wildman–Crippen MR) is 172 cm³/mol. The van der Waals surface area contributed by atoms with E-state index in [0.29, 0.717) is 38.4 Å². The van der Waals surface area contributed by atoms with Crippen molar-refractivity contribution in [3.8, 4) is 17.2 Å². The Morgan fingerprint density at radius 1 is 0.783 bits per heavy atom. The quantitative estimate of drug-likeness (QED) is 0.167. The molecule has 1 aliphatic rings. The lowest BCUT2D eigenvalue weighted by Crippen LogP contribution is -2.65. The fourth-order valence-electron chi connectivity index (χ4n) is 5.59. The first kappa shape index (κ1) is 30.6. The van der Waals surface area contributed by atoms with Gasteiger partial charge in [-0.1, -0.05) is 42.5 Å². The lowest BCUT2D eigenvalue weighted by molar-refractivity contribution is -0.151. The summed E-state index contributed by atoms with van der Waals surface area (Å²) in [5.41, 5.74) is 3.62. The molecule has 3 N–H and O–H groups in total. The average Bonchev–Trinajstić information content (AvgIpc) is 3.78. The molecule has 3 heterocycles. The largest absolute Gasteiger partial charge is 0.494 e. The SMILES string of the molecule is CCOc1ccc(CC2NC(=O)C(CN(Cc3cnc[nH]3)Cc3cnc[nH]3)N(Cc3ccc(Oc4ccccc4)cc3)C2=O)cc1. The minimum atomic E-state index is -0.727. The smallest absolute Gasteiger partial charge is 0.246 e. The molecule has 2 amide bonds. The van der Waals surface area contributed by atoms with Gasteiger partial charge in [-0.25, -0.2) is 9.97 Å². The van der Waals surface area contributed by atoms with Crippen molar-refractivity contribution in [3.05, 3.63) is 126 Å². The second-order valence-electron chi connectivity index (χ2n) is 11.2. The molecule has 0 saturated carbocycles. The number of rotatable bonds is 14. The molecule has 0 spiro atoms. The monoisotopic (exact) mass is 619 g/mol. The van der Waals surface area contributed by atoms with Crippen molar-refractivity contribution >= 4 is 11.8 Å². The first-order valence-corrected chi connectivity index (χ1v) is 15.4. The summed E-state index contributed by atoms with van der Waals surface area (Å²) in [4.78, 5) is 46.5. The molecule has 11 heteroatoms. The first-order valence-electron chi connectivity index (χ1n) is 15.4. The van der Waals surface area contributed by atoms with Crippen LogP contribution in [0.1, 0.15) is 29.4 Å². The van der Waals surface area contributed by atoms with Crippen molar-refractivity contribution in [3.63, 3.8) is 0 Å². The number of para-hydroxylation sites is 1. The molecule has 3 aromatic carbocycles. The molecule has 2 unspecified atom stereocenters. The van der Waals surface area contributed by atoms with Crippen LogP contribution in [0.4, 0.5) is 0 Å². The lowest BCUT2D eigenvalue weighted by Gasteiger charge is -2.41. The van der Waals surface area contributed by atoms with Crippen LogP contribution in [0.2, 0.25) is 0 Å². The number of ether oxygens (including phenoxy) is 2. The third-order valence-corrected chi connectivity index (χ3v) is 7.83. The number of imidazole rings is 2. The molecule has 11 nitrogen and oxygen atoms in total. The number of amides is 2. The van der Waals surface area contributed by atoms with Gasteiger partial charge in [0, 0.05) is 56.4 Å². The van der Waals surface area contributed by atoms with E-state index in [9.17, 15) is 9.59 Å². The van der Waals surface area contributed by atoms with E-state index in [0.717, 1.165) is 34.0 Å². The van der Waals surface area contributed by atoms with Crippen LogP contribution in [-0.2, 0) is 35.6 Å². The third kappa shape index (κ3) is 7.80. The number of piperazine rings is 1. The normalized spacial score (nSPS) is 16.4. The third-order valence-electron chi connectivity index (χ3n) is 7.83. The number of carbonyl (C=O) groups excluding carboxylic acids is 2. The highest BCUT2D eigenvalue weighted by Gasteiger charge is 2.41. The van der Waals surface area contributed by atoms with Crippen LogP contribution in [0.15, 0.2) is 104 Å². The van der Waals surface area contributed by atoms with Crippen LogP contribution in [0.5, 0.6) is 17.2 Å². The molecule has 236 valence electrons. The number of nitrogens with one attached hydrogen (secondary N) is 3. The summed E-state index contributed by atoms with van der Waals surface area (Å²) in [5.74, 6) is 1.86. The van der Waals surface area contributed by atoms with E-state index in [-0.39, 0.29) is 18.4 Å². The van der Waals surface area contributed by atoms with Gasteiger partial charge in [-0.2, -0.15) is 0 Å². The molecule has 0 bridgehead atoms. The second-order valence-corrected chi connectivity index (χ2v) is 11.2.